The van der Waals surface area contributed by atoms with Gasteiger partial charge in [0.1, 0.15) is 0 Å². The van der Waals surface area contributed by atoms with Gasteiger partial charge in [0.15, 0.2) is 5.13 Å². The van der Waals surface area contributed by atoms with Crippen molar-refractivity contribution in [1.29, 1.82) is 0 Å². The minimum absolute atomic E-state index is 0.0166. The largest absolute Gasteiger partial charge is 0.301 e. The molecular weight excluding hydrogens is 310 g/mol. The SMILES string of the molecule is Cc1cnn(CC2CCCCN2CC(=O)Nc2nc(C)cs2)c1. The Bertz CT molecular complexity index is 665. The van der Waals surface area contributed by atoms with Gasteiger partial charge in [-0.1, -0.05) is 6.42 Å². The summed E-state index contributed by atoms with van der Waals surface area (Å²) in [5.41, 5.74) is 2.11. The third-order valence-corrected chi connectivity index (χ3v) is 5.00. The second kappa shape index (κ2) is 7.23. The van der Waals surface area contributed by atoms with Gasteiger partial charge in [-0.05, 0) is 38.8 Å². The van der Waals surface area contributed by atoms with E-state index in [1.54, 1.807) is 0 Å². The van der Waals surface area contributed by atoms with Crippen molar-refractivity contribution in [2.75, 3.05) is 18.4 Å². The van der Waals surface area contributed by atoms with Crippen LogP contribution in [0.4, 0.5) is 5.13 Å². The number of nitrogens with one attached hydrogen (secondary N) is 1. The molecule has 1 saturated heterocycles. The van der Waals surface area contributed by atoms with Gasteiger partial charge in [0, 0.05) is 17.6 Å². The van der Waals surface area contributed by atoms with E-state index in [1.165, 1.54) is 23.3 Å². The molecule has 0 radical (unpaired) electrons. The van der Waals surface area contributed by atoms with Crippen molar-refractivity contribution < 1.29 is 4.79 Å². The number of rotatable bonds is 5. The van der Waals surface area contributed by atoms with E-state index < -0.39 is 0 Å². The number of amides is 1. The highest BCUT2D eigenvalue weighted by molar-refractivity contribution is 7.13. The van der Waals surface area contributed by atoms with E-state index in [1.807, 2.05) is 30.1 Å². The van der Waals surface area contributed by atoms with Crippen LogP contribution in [0.15, 0.2) is 17.8 Å². The Kier molecular flexibility index (Phi) is 5.07. The van der Waals surface area contributed by atoms with E-state index in [0.29, 0.717) is 17.7 Å². The first kappa shape index (κ1) is 16.1. The second-order valence-corrected chi connectivity index (χ2v) is 7.06. The van der Waals surface area contributed by atoms with E-state index in [9.17, 15) is 4.79 Å². The first-order chi connectivity index (χ1) is 11.1. The van der Waals surface area contributed by atoms with E-state index in [0.717, 1.165) is 31.6 Å². The third kappa shape index (κ3) is 4.39. The van der Waals surface area contributed by atoms with Gasteiger partial charge in [-0.25, -0.2) is 4.98 Å². The van der Waals surface area contributed by atoms with E-state index in [-0.39, 0.29) is 5.91 Å². The van der Waals surface area contributed by atoms with Crippen LogP contribution in [0.3, 0.4) is 0 Å². The molecule has 1 amide bonds. The molecule has 0 aliphatic carbocycles. The fraction of sp³-hybridized carbons (Fsp3) is 0.562. The van der Waals surface area contributed by atoms with Gasteiger partial charge in [-0.3, -0.25) is 14.4 Å². The van der Waals surface area contributed by atoms with Gasteiger partial charge in [0.2, 0.25) is 5.91 Å². The number of thiazole rings is 1. The molecule has 1 atom stereocenters. The van der Waals surface area contributed by atoms with Crippen molar-refractivity contribution in [2.24, 2.45) is 0 Å². The molecule has 1 aliphatic rings. The summed E-state index contributed by atoms with van der Waals surface area (Å²) in [5.74, 6) is 0.0166. The summed E-state index contributed by atoms with van der Waals surface area (Å²) in [4.78, 5) is 18.8. The average Bonchev–Trinajstić information content (AvgIpc) is 3.10. The highest BCUT2D eigenvalue weighted by Gasteiger charge is 2.25. The molecule has 1 aliphatic heterocycles. The van der Waals surface area contributed by atoms with Gasteiger partial charge in [0.25, 0.3) is 0 Å². The Balaban J connectivity index is 1.58. The van der Waals surface area contributed by atoms with Crippen LogP contribution >= 0.6 is 11.3 Å². The molecular formula is C16H23N5OS. The van der Waals surface area contributed by atoms with Gasteiger partial charge >= 0.3 is 0 Å². The Morgan fingerprint density at radius 1 is 1.43 bits per heavy atom. The zero-order chi connectivity index (χ0) is 16.2. The van der Waals surface area contributed by atoms with Gasteiger partial charge in [-0.15, -0.1) is 11.3 Å². The molecule has 124 valence electrons. The monoisotopic (exact) mass is 333 g/mol. The Labute approximate surface area is 140 Å². The number of carbonyl (C=O) groups excluding carboxylic acids is 1. The second-order valence-electron chi connectivity index (χ2n) is 6.20. The molecule has 1 unspecified atom stereocenters. The number of aromatic nitrogens is 3. The summed E-state index contributed by atoms with van der Waals surface area (Å²) >= 11 is 1.47. The van der Waals surface area contributed by atoms with E-state index in [4.69, 9.17) is 0 Å². The third-order valence-electron chi connectivity index (χ3n) is 4.12. The number of anilines is 1. The average molecular weight is 333 g/mol. The molecule has 23 heavy (non-hydrogen) atoms. The maximum Gasteiger partial charge on any atom is 0.240 e. The number of carbonyl (C=O) groups is 1. The quantitative estimate of drug-likeness (QED) is 0.913. The van der Waals surface area contributed by atoms with Gasteiger partial charge in [-0.2, -0.15) is 5.10 Å². The molecule has 1 N–H and O–H groups in total. The smallest absolute Gasteiger partial charge is 0.240 e. The summed E-state index contributed by atoms with van der Waals surface area (Å²) in [7, 11) is 0. The van der Waals surface area contributed by atoms with Crippen LogP contribution in [-0.4, -0.2) is 44.7 Å². The lowest BCUT2D eigenvalue weighted by Gasteiger charge is -2.35. The summed E-state index contributed by atoms with van der Waals surface area (Å²) in [6.07, 6.45) is 7.42. The number of piperidine rings is 1. The number of hydrogen-bond donors (Lipinski definition) is 1. The standard InChI is InChI=1S/C16H23N5OS/c1-12-7-17-21(8-12)9-14-5-3-4-6-20(14)10-15(22)19-16-18-13(2)11-23-16/h7-8,11,14H,3-6,9-10H2,1-2H3,(H,18,19,22). The maximum atomic E-state index is 12.3. The van der Waals surface area contributed by atoms with Crippen molar-refractivity contribution in [1.82, 2.24) is 19.7 Å². The predicted octanol–water partition coefficient (Wildman–Crippen LogP) is 2.45. The summed E-state index contributed by atoms with van der Waals surface area (Å²) in [6, 6.07) is 0.367. The fourth-order valence-corrected chi connectivity index (χ4v) is 3.72. The predicted molar refractivity (Wildman–Crippen MR) is 91.7 cm³/mol. The molecule has 0 aromatic carbocycles. The normalized spacial score (nSPS) is 19.0. The summed E-state index contributed by atoms with van der Waals surface area (Å²) in [6.45, 7) is 6.21. The summed E-state index contributed by atoms with van der Waals surface area (Å²) in [5, 5.41) is 9.91. The molecule has 3 heterocycles. The van der Waals surface area contributed by atoms with Crippen molar-refractivity contribution >= 4 is 22.4 Å². The zero-order valence-electron chi connectivity index (χ0n) is 13.7. The number of hydrogen-bond acceptors (Lipinski definition) is 5. The Morgan fingerprint density at radius 3 is 3.00 bits per heavy atom. The minimum Gasteiger partial charge on any atom is -0.301 e. The highest BCUT2D eigenvalue weighted by Crippen LogP contribution is 2.19. The van der Waals surface area contributed by atoms with Crippen molar-refractivity contribution in [3.8, 4) is 0 Å². The number of aryl methyl sites for hydroxylation is 2. The summed E-state index contributed by atoms with van der Waals surface area (Å²) < 4.78 is 1.99. The van der Waals surface area contributed by atoms with Crippen LogP contribution in [0.1, 0.15) is 30.5 Å². The molecule has 7 heteroatoms. The minimum atomic E-state index is 0.0166. The lowest BCUT2D eigenvalue weighted by molar-refractivity contribution is -0.118. The van der Waals surface area contributed by atoms with Crippen LogP contribution in [0, 0.1) is 13.8 Å². The Morgan fingerprint density at radius 2 is 2.30 bits per heavy atom. The molecule has 1 fully saturated rings. The molecule has 0 saturated carbocycles. The zero-order valence-corrected chi connectivity index (χ0v) is 14.5. The van der Waals surface area contributed by atoms with Crippen LogP contribution < -0.4 is 5.32 Å². The topological polar surface area (TPSA) is 63.1 Å². The molecule has 2 aromatic heterocycles. The van der Waals surface area contributed by atoms with Crippen molar-refractivity contribution in [3.05, 3.63) is 29.0 Å². The number of nitrogens with zero attached hydrogens (tertiary/aromatic N) is 4. The first-order valence-electron chi connectivity index (χ1n) is 8.05. The lowest BCUT2D eigenvalue weighted by atomic mass is 10.0. The van der Waals surface area contributed by atoms with Crippen molar-refractivity contribution in [2.45, 2.75) is 45.7 Å². The molecule has 0 bridgehead atoms. The maximum absolute atomic E-state index is 12.3. The van der Waals surface area contributed by atoms with Crippen LogP contribution in [-0.2, 0) is 11.3 Å². The highest BCUT2D eigenvalue weighted by atomic mass is 32.1. The molecule has 6 nitrogen and oxygen atoms in total. The van der Waals surface area contributed by atoms with Crippen LogP contribution in [0.2, 0.25) is 0 Å². The molecule has 3 rings (SSSR count). The van der Waals surface area contributed by atoms with Gasteiger partial charge in [0.05, 0.1) is 25.0 Å². The molecule has 0 spiro atoms. The van der Waals surface area contributed by atoms with Crippen LogP contribution in [0.5, 0.6) is 0 Å². The lowest BCUT2D eigenvalue weighted by Crippen LogP contribution is -2.46. The number of likely N-dealkylation sites (tertiary alicyclic amines) is 1. The Hall–Kier alpha value is -1.73. The molecule has 2 aromatic rings. The van der Waals surface area contributed by atoms with Crippen LogP contribution in [0.25, 0.3) is 0 Å². The fourth-order valence-electron chi connectivity index (χ4n) is 3.01. The van der Waals surface area contributed by atoms with Crippen molar-refractivity contribution in [3.63, 3.8) is 0 Å². The van der Waals surface area contributed by atoms with E-state index >= 15 is 0 Å². The van der Waals surface area contributed by atoms with E-state index in [2.05, 4.69) is 26.5 Å². The first-order valence-corrected chi connectivity index (χ1v) is 8.93. The van der Waals surface area contributed by atoms with Gasteiger partial charge < -0.3 is 5.32 Å².